The van der Waals surface area contributed by atoms with E-state index in [1.165, 1.54) is 6.29 Å². The van der Waals surface area contributed by atoms with Gasteiger partial charge < -0.3 is 15.0 Å². The summed E-state index contributed by atoms with van der Waals surface area (Å²) in [6.45, 7) is 15.1. The molecule has 3 rings (SSSR count). The molecule has 0 bridgehead atoms. The molecule has 0 aromatic carbocycles. The lowest BCUT2D eigenvalue weighted by atomic mass is 9.44. The molecule has 3 saturated carbocycles. The van der Waals surface area contributed by atoms with Crippen molar-refractivity contribution in [1.82, 2.24) is 0 Å². The van der Waals surface area contributed by atoms with Crippen molar-refractivity contribution in [2.75, 3.05) is 0 Å². The van der Waals surface area contributed by atoms with Crippen LogP contribution in [-0.4, -0.2) is 28.2 Å². The van der Waals surface area contributed by atoms with E-state index >= 15 is 0 Å². The van der Waals surface area contributed by atoms with Gasteiger partial charge in [0.2, 0.25) is 0 Å². The van der Waals surface area contributed by atoms with Crippen LogP contribution in [-0.2, 0) is 4.79 Å². The van der Waals surface area contributed by atoms with Crippen molar-refractivity contribution in [3.05, 3.63) is 12.2 Å². The van der Waals surface area contributed by atoms with Gasteiger partial charge in [-0.05, 0) is 73.7 Å². The Hall–Kier alpha value is -0.670. The van der Waals surface area contributed by atoms with Gasteiger partial charge in [-0.15, -0.1) is 0 Å². The van der Waals surface area contributed by atoms with Gasteiger partial charge in [-0.25, -0.2) is 0 Å². The van der Waals surface area contributed by atoms with Gasteiger partial charge in [0.15, 0.2) is 0 Å². The SMILES string of the molecule is C=C1C(CC)CC2C(C(O)CC3C(C)C(C)(C)CCCC32C=O)C1(C)O. The summed E-state index contributed by atoms with van der Waals surface area (Å²) in [5, 5.41) is 22.5. The van der Waals surface area contributed by atoms with E-state index in [-0.39, 0.29) is 29.1 Å². The summed E-state index contributed by atoms with van der Waals surface area (Å²) in [4.78, 5) is 12.7. The van der Waals surface area contributed by atoms with E-state index in [2.05, 4.69) is 34.3 Å². The molecule has 3 aliphatic carbocycles. The number of aldehydes is 1. The quantitative estimate of drug-likeness (QED) is 0.566. The lowest BCUT2D eigenvalue weighted by Crippen LogP contribution is -2.63. The van der Waals surface area contributed by atoms with Crippen molar-refractivity contribution in [1.29, 1.82) is 0 Å². The molecule has 0 heterocycles. The number of rotatable bonds is 2. The summed E-state index contributed by atoms with van der Waals surface area (Å²) in [5.74, 6) is 0.540. The van der Waals surface area contributed by atoms with E-state index in [4.69, 9.17) is 0 Å². The van der Waals surface area contributed by atoms with Crippen LogP contribution >= 0.6 is 0 Å². The molecule has 0 aromatic heterocycles. The number of carbonyl (C=O) groups excluding carboxylic acids is 1. The Labute approximate surface area is 159 Å². The van der Waals surface area contributed by atoms with Crippen LogP contribution in [0.15, 0.2) is 12.2 Å². The Kier molecular flexibility index (Phi) is 4.98. The third-order valence-corrected chi connectivity index (χ3v) is 9.03. The minimum Gasteiger partial charge on any atom is -0.393 e. The maximum atomic E-state index is 12.7. The first kappa shape index (κ1) is 20.1. The summed E-state index contributed by atoms with van der Waals surface area (Å²) in [6, 6.07) is 0. The molecule has 3 nitrogen and oxygen atoms in total. The second kappa shape index (κ2) is 6.44. The molecule has 3 heteroatoms. The van der Waals surface area contributed by atoms with Crippen LogP contribution in [0.3, 0.4) is 0 Å². The zero-order valence-corrected chi connectivity index (χ0v) is 17.3. The average Bonchev–Trinajstić information content (AvgIpc) is 2.67. The monoisotopic (exact) mass is 362 g/mol. The molecule has 0 saturated heterocycles. The summed E-state index contributed by atoms with van der Waals surface area (Å²) in [6.07, 6.45) is 6.13. The fraction of sp³-hybridized carbons (Fsp3) is 0.870. The number of aliphatic hydroxyl groups excluding tert-OH is 1. The highest BCUT2D eigenvalue weighted by atomic mass is 16.3. The van der Waals surface area contributed by atoms with Gasteiger partial charge >= 0.3 is 0 Å². The standard InChI is InChI=1S/C23H38O3/c1-7-16-11-18-20(22(6,26)14(16)2)19(25)12-17-15(3)21(4,5)9-8-10-23(17,18)13-24/h13,15-20,25-26H,2,7-12H2,1,3-6H3. The molecule has 8 unspecified atom stereocenters. The van der Waals surface area contributed by atoms with Gasteiger partial charge in [0.05, 0.1) is 11.7 Å². The lowest BCUT2D eigenvalue weighted by Gasteiger charge is -2.61. The average molecular weight is 363 g/mol. The third-order valence-electron chi connectivity index (χ3n) is 9.03. The molecule has 148 valence electrons. The molecule has 3 fully saturated rings. The zero-order valence-electron chi connectivity index (χ0n) is 17.3. The molecule has 3 aliphatic rings. The molecule has 8 atom stereocenters. The predicted molar refractivity (Wildman–Crippen MR) is 105 cm³/mol. The van der Waals surface area contributed by atoms with Gasteiger partial charge in [0.25, 0.3) is 0 Å². The lowest BCUT2D eigenvalue weighted by molar-refractivity contribution is -0.184. The second-order valence-corrected chi connectivity index (χ2v) is 10.4. The van der Waals surface area contributed by atoms with Gasteiger partial charge in [-0.2, -0.15) is 0 Å². The van der Waals surface area contributed by atoms with Crippen LogP contribution in [0.1, 0.15) is 73.1 Å². The van der Waals surface area contributed by atoms with Gasteiger partial charge in [-0.3, -0.25) is 0 Å². The molecule has 26 heavy (non-hydrogen) atoms. The maximum absolute atomic E-state index is 12.7. The molecule has 0 radical (unpaired) electrons. The topological polar surface area (TPSA) is 57.5 Å². The van der Waals surface area contributed by atoms with E-state index < -0.39 is 17.1 Å². The number of fused-ring (bicyclic) bond motifs is 3. The Morgan fingerprint density at radius 3 is 2.42 bits per heavy atom. The fourth-order valence-electron chi connectivity index (χ4n) is 7.02. The first-order valence-corrected chi connectivity index (χ1v) is 10.6. The van der Waals surface area contributed by atoms with E-state index in [0.29, 0.717) is 12.3 Å². The van der Waals surface area contributed by atoms with Gasteiger partial charge in [-0.1, -0.05) is 40.7 Å². The zero-order chi connectivity index (χ0) is 19.5. The van der Waals surface area contributed by atoms with E-state index in [1.807, 2.05) is 6.92 Å². The number of hydrogen-bond donors (Lipinski definition) is 2. The van der Waals surface area contributed by atoms with Crippen LogP contribution < -0.4 is 0 Å². The smallest absolute Gasteiger partial charge is 0.126 e. The van der Waals surface area contributed by atoms with Crippen LogP contribution in [0.2, 0.25) is 0 Å². The molecule has 0 aliphatic heterocycles. The first-order chi connectivity index (χ1) is 12.0. The van der Waals surface area contributed by atoms with Crippen molar-refractivity contribution >= 4 is 6.29 Å². The Morgan fingerprint density at radius 1 is 1.19 bits per heavy atom. The van der Waals surface area contributed by atoms with Crippen LogP contribution in [0.4, 0.5) is 0 Å². The molecular formula is C23H38O3. The highest BCUT2D eigenvalue weighted by Crippen LogP contribution is 2.64. The van der Waals surface area contributed by atoms with Gasteiger partial charge in [0, 0.05) is 11.3 Å². The van der Waals surface area contributed by atoms with Crippen molar-refractivity contribution in [2.45, 2.75) is 84.8 Å². The summed E-state index contributed by atoms with van der Waals surface area (Å²) in [7, 11) is 0. The Morgan fingerprint density at radius 2 is 1.85 bits per heavy atom. The second-order valence-electron chi connectivity index (χ2n) is 10.4. The minimum absolute atomic E-state index is 0.0375. The normalized spacial score (nSPS) is 51.1. The van der Waals surface area contributed by atoms with Crippen molar-refractivity contribution in [3.63, 3.8) is 0 Å². The molecule has 0 spiro atoms. The number of aliphatic hydroxyl groups is 2. The largest absolute Gasteiger partial charge is 0.393 e. The van der Waals surface area contributed by atoms with E-state index in [1.54, 1.807) is 0 Å². The Bertz CT molecular complexity index is 578. The first-order valence-electron chi connectivity index (χ1n) is 10.6. The molecule has 0 amide bonds. The van der Waals surface area contributed by atoms with Crippen LogP contribution in [0.5, 0.6) is 0 Å². The van der Waals surface area contributed by atoms with Crippen LogP contribution in [0, 0.1) is 40.4 Å². The fourth-order valence-corrected chi connectivity index (χ4v) is 7.02. The highest BCUT2D eigenvalue weighted by Gasteiger charge is 2.64. The highest BCUT2D eigenvalue weighted by molar-refractivity contribution is 5.62. The summed E-state index contributed by atoms with van der Waals surface area (Å²) in [5.41, 5.74) is -0.501. The van der Waals surface area contributed by atoms with Gasteiger partial charge in [0.1, 0.15) is 6.29 Å². The summed E-state index contributed by atoms with van der Waals surface area (Å²) >= 11 is 0. The van der Waals surface area contributed by atoms with Crippen molar-refractivity contribution < 1.29 is 15.0 Å². The minimum atomic E-state index is -1.10. The predicted octanol–water partition coefficient (Wildman–Crippen LogP) is 4.37. The Balaban J connectivity index is 2.12. The molecular weight excluding hydrogens is 324 g/mol. The van der Waals surface area contributed by atoms with Crippen molar-refractivity contribution in [3.8, 4) is 0 Å². The summed E-state index contributed by atoms with van der Waals surface area (Å²) < 4.78 is 0. The van der Waals surface area contributed by atoms with Crippen LogP contribution in [0.25, 0.3) is 0 Å². The molecule has 2 N–H and O–H groups in total. The van der Waals surface area contributed by atoms with E-state index in [9.17, 15) is 15.0 Å². The third kappa shape index (κ3) is 2.64. The molecule has 0 aromatic rings. The van der Waals surface area contributed by atoms with Crippen molar-refractivity contribution in [2.24, 2.45) is 40.4 Å². The maximum Gasteiger partial charge on any atom is 0.126 e. The van der Waals surface area contributed by atoms with E-state index in [0.717, 1.165) is 37.7 Å². The number of carbonyl (C=O) groups is 1. The number of hydrogen-bond acceptors (Lipinski definition) is 3.